The molecule has 0 heterocycles. The van der Waals surface area contributed by atoms with Crippen LogP contribution in [-0.2, 0) is 10.3 Å². The molecule has 1 fully saturated rings. The van der Waals surface area contributed by atoms with Crippen LogP contribution in [0.2, 0.25) is 0 Å². The lowest BCUT2D eigenvalue weighted by Crippen LogP contribution is -2.34. The summed E-state index contributed by atoms with van der Waals surface area (Å²) in [6.07, 6.45) is 2.11. The summed E-state index contributed by atoms with van der Waals surface area (Å²) < 4.78 is 10.6. The van der Waals surface area contributed by atoms with E-state index in [1.807, 2.05) is 25.1 Å². The van der Waals surface area contributed by atoms with Gasteiger partial charge in [0.15, 0.2) is 0 Å². The third-order valence-corrected chi connectivity index (χ3v) is 3.44. The van der Waals surface area contributed by atoms with E-state index in [9.17, 15) is 5.11 Å². The van der Waals surface area contributed by atoms with Crippen LogP contribution in [0.15, 0.2) is 18.2 Å². The molecule has 1 aliphatic rings. The van der Waals surface area contributed by atoms with Crippen LogP contribution < -0.4 is 4.74 Å². The van der Waals surface area contributed by atoms with Crippen LogP contribution in [-0.4, -0.2) is 25.9 Å². The molecular formula is C14H20O3. The minimum Gasteiger partial charge on any atom is -0.496 e. The second-order valence-electron chi connectivity index (χ2n) is 4.84. The quantitative estimate of drug-likeness (QED) is 0.852. The Kier molecular flexibility index (Phi) is 3.40. The van der Waals surface area contributed by atoms with Crippen LogP contribution in [0.4, 0.5) is 0 Å². The van der Waals surface area contributed by atoms with E-state index in [0.29, 0.717) is 6.61 Å². The summed E-state index contributed by atoms with van der Waals surface area (Å²) in [6.45, 7) is 2.33. The molecule has 1 atom stereocenters. The summed E-state index contributed by atoms with van der Waals surface area (Å²) in [5, 5.41) is 10.9. The van der Waals surface area contributed by atoms with E-state index in [0.717, 1.165) is 29.7 Å². The molecule has 1 aliphatic carbocycles. The lowest BCUT2D eigenvalue weighted by Gasteiger charge is -2.29. The first-order valence-corrected chi connectivity index (χ1v) is 5.98. The molecule has 3 nitrogen and oxygen atoms in total. The molecule has 0 spiro atoms. The predicted molar refractivity (Wildman–Crippen MR) is 66.2 cm³/mol. The zero-order valence-electron chi connectivity index (χ0n) is 10.7. The smallest absolute Gasteiger partial charge is 0.125 e. The molecule has 17 heavy (non-hydrogen) atoms. The SMILES string of the molecule is COCC(O)(c1cc(C)ccc1OC)C1CC1. The summed E-state index contributed by atoms with van der Waals surface area (Å²) in [5.41, 5.74) is 1.06. The standard InChI is InChI=1S/C14H20O3/c1-10-4-7-13(17-3)12(8-10)14(15,9-16-2)11-5-6-11/h4,7-8,11,15H,5-6,9H2,1-3H3. The zero-order valence-corrected chi connectivity index (χ0v) is 10.7. The minimum absolute atomic E-state index is 0.290. The largest absolute Gasteiger partial charge is 0.496 e. The fourth-order valence-electron chi connectivity index (χ4n) is 2.36. The fourth-order valence-corrected chi connectivity index (χ4v) is 2.36. The molecule has 0 amide bonds. The van der Waals surface area contributed by atoms with Crippen molar-refractivity contribution in [2.75, 3.05) is 20.8 Å². The minimum atomic E-state index is -0.911. The van der Waals surface area contributed by atoms with Gasteiger partial charge in [-0.1, -0.05) is 11.6 Å². The van der Waals surface area contributed by atoms with Gasteiger partial charge in [-0.2, -0.15) is 0 Å². The molecule has 1 N–H and O–H groups in total. The van der Waals surface area contributed by atoms with Crippen molar-refractivity contribution in [3.63, 3.8) is 0 Å². The number of hydrogen-bond donors (Lipinski definition) is 1. The van der Waals surface area contributed by atoms with Crippen molar-refractivity contribution in [2.45, 2.75) is 25.4 Å². The average Bonchev–Trinajstić information content (AvgIpc) is 3.13. The van der Waals surface area contributed by atoms with E-state index in [4.69, 9.17) is 9.47 Å². The number of benzene rings is 1. The highest BCUT2D eigenvalue weighted by Crippen LogP contribution is 2.48. The Labute approximate surface area is 102 Å². The van der Waals surface area contributed by atoms with E-state index in [-0.39, 0.29) is 5.92 Å². The van der Waals surface area contributed by atoms with E-state index < -0.39 is 5.60 Å². The Hall–Kier alpha value is -1.06. The molecule has 1 saturated carbocycles. The Morgan fingerprint density at radius 3 is 2.59 bits per heavy atom. The van der Waals surface area contributed by atoms with Crippen molar-refractivity contribution in [1.82, 2.24) is 0 Å². The number of rotatable bonds is 5. The van der Waals surface area contributed by atoms with Gasteiger partial charge in [-0.05, 0) is 37.8 Å². The van der Waals surface area contributed by atoms with E-state index in [1.54, 1.807) is 14.2 Å². The average molecular weight is 236 g/mol. The van der Waals surface area contributed by atoms with Gasteiger partial charge >= 0.3 is 0 Å². The summed E-state index contributed by atoms with van der Waals surface area (Å²) in [6, 6.07) is 5.90. The Morgan fingerprint density at radius 2 is 2.06 bits per heavy atom. The molecule has 0 bridgehead atoms. The molecule has 94 valence electrons. The third kappa shape index (κ3) is 2.31. The fraction of sp³-hybridized carbons (Fsp3) is 0.571. The first kappa shape index (κ1) is 12.4. The number of methoxy groups -OCH3 is 2. The summed E-state index contributed by atoms with van der Waals surface area (Å²) in [7, 11) is 3.25. The van der Waals surface area contributed by atoms with Gasteiger partial charge in [0.25, 0.3) is 0 Å². The summed E-state index contributed by atoms with van der Waals surface area (Å²) >= 11 is 0. The van der Waals surface area contributed by atoms with Crippen molar-refractivity contribution in [3.8, 4) is 5.75 Å². The number of aliphatic hydroxyl groups is 1. The molecule has 0 aromatic heterocycles. The van der Waals surface area contributed by atoms with Crippen molar-refractivity contribution >= 4 is 0 Å². The van der Waals surface area contributed by atoms with E-state index in [1.165, 1.54) is 0 Å². The Morgan fingerprint density at radius 1 is 1.35 bits per heavy atom. The molecule has 1 aromatic rings. The van der Waals surface area contributed by atoms with Crippen LogP contribution in [0.5, 0.6) is 5.75 Å². The van der Waals surface area contributed by atoms with E-state index >= 15 is 0 Å². The van der Waals surface area contributed by atoms with Crippen LogP contribution in [0.1, 0.15) is 24.0 Å². The third-order valence-electron chi connectivity index (χ3n) is 3.44. The highest BCUT2D eigenvalue weighted by atomic mass is 16.5. The molecule has 0 aliphatic heterocycles. The lowest BCUT2D eigenvalue weighted by atomic mass is 9.88. The maximum atomic E-state index is 10.9. The van der Waals surface area contributed by atoms with Crippen molar-refractivity contribution in [1.29, 1.82) is 0 Å². The molecule has 1 unspecified atom stereocenters. The summed E-state index contributed by atoms with van der Waals surface area (Å²) in [4.78, 5) is 0. The maximum Gasteiger partial charge on any atom is 0.125 e. The van der Waals surface area contributed by atoms with Crippen molar-refractivity contribution in [2.24, 2.45) is 5.92 Å². The number of aryl methyl sites for hydroxylation is 1. The van der Waals surface area contributed by atoms with Gasteiger partial charge in [-0.3, -0.25) is 0 Å². The topological polar surface area (TPSA) is 38.7 Å². The van der Waals surface area contributed by atoms with Crippen LogP contribution in [0.25, 0.3) is 0 Å². The Balaban J connectivity index is 2.44. The van der Waals surface area contributed by atoms with Crippen molar-refractivity contribution in [3.05, 3.63) is 29.3 Å². The molecule has 3 heteroatoms. The van der Waals surface area contributed by atoms with Crippen LogP contribution in [0.3, 0.4) is 0 Å². The summed E-state index contributed by atoms with van der Waals surface area (Å²) in [5.74, 6) is 1.03. The first-order chi connectivity index (χ1) is 8.11. The molecule has 1 aromatic carbocycles. The highest BCUT2D eigenvalue weighted by molar-refractivity contribution is 5.42. The van der Waals surface area contributed by atoms with Gasteiger partial charge in [-0.25, -0.2) is 0 Å². The zero-order chi connectivity index (χ0) is 12.5. The second kappa shape index (κ2) is 4.67. The molecule has 0 radical (unpaired) electrons. The van der Waals surface area contributed by atoms with Gasteiger partial charge in [0.2, 0.25) is 0 Å². The number of hydrogen-bond acceptors (Lipinski definition) is 3. The van der Waals surface area contributed by atoms with Crippen molar-refractivity contribution < 1.29 is 14.6 Å². The Bertz CT molecular complexity index is 398. The van der Waals surface area contributed by atoms with Crippen LogP contribution >= 0.6 is 0 Å². The first-order valence-electron chi connectivity index (χ1n) is 5.98. The van der Waals surface area contributed by atoms with Crippen LogP contribution in [0, 0.1) is 12.8 Å². The van der Waals surface area contributed by atoms with Gasteiger partial charge in [0.05, 0.1) is 13.7 Å². The predicted octanol–water partition coefficient (Wildman–Crippen LogP) is 2.25. The normalized spacial score (nSPS) is 18.8. The lowest BCUT2D eigenvalue weighted by molar-refractivity contribution is -0.0546. The molecular weight excluding hydrogens is 216 g/mol. The molecule has 2 rings (SSSR count). The second-order valence-corrected chi connectivity index (χ2v) is 4.84. The number of ether oxygens (including phenoxy) is 2. The van der Waals surface area contributed by atoms with Gasteiger partial charge < -0.3 is 14.6 Å². The van der Waals surface area contributed by atoms with E-state index in [2.05, 4.69) is 0 Å². The molecule has 0 saturated heterocycles. The van der Waals surface area contributed by atoms with Gasteiger partial charge in [0.1, 0.15) is 11.4 Å². The van der Waals surface area contributed by atoms with Gasteiger partial charge in [0, 0.05) is 12.7 Å². The highest BCUT2D eigenvalue weighted by Gasteiger charge is 2.46. The monoisotopic (exact) mass is 236 g/mol. The van der Waals surface area contributed by atoms with Gasteiger partial charge in [-0.15, -0.1) is 0 Å². The maximum absolute atomic E-state index is 10.9.